The maximum atomic E-state index is 13.2. The Bertz CT molecular complexity index is 1270. The molecule has 4 rings (SSSR count). The van der Waals surface area contributed by atoms with Crippen molar-refractivity contribution in [3.05, 3.63) is 94.0 Å². The first-order chi connectivity index (χ1) is 15.8. The van der Waals surface area contributed by atoms with Crippen LogP contribution in [0.3, 0.4) is 0 Å². The number of amides is 1. The number of ether oxygens (including phenoxy) is 2. The lowest BCUT2D eigenvalue weighted by Gasteiger charge is -2.26. The third kappa shape index (κ3) is 4.05. The monoisotopic (exact) mass is 463 g/mol. The van der Waals surface area contributed by atoms with Gasteiger partial charge in [0.25, 0.3) is 11.7 Å². The summed E-state index contributed by atoms with van der Waals surface area (Å²) in [6, 6.07) is 18.2. The van der Waals surface area contributed by atoms with Crippen LogP contribution in [-0.4, -0.2) is 31.0 Å². The number of methoxy groups -OCH3 is 2. The van der Waals surface area contributed by atoms with Crippen LogP contribution in [0.2, 0.25) is 5.02 Å². The highest BCUT2D eigenvalue weighted by atomic mass is 35.5. The third-order valence-corrected chi connectivity index (χ3v) is 5.89. The van der Waals surface area contributed by atoms with E-state index in [2.05, 4.69) is 0 Å². The number of halogens is 1. The van der Waals surface area contributed by atoms with Gasteiger partial charge in [-0.25, -0.2) is 0 Å². The van der Waals surface area contributed by atoms with Gasteiger partial charge in [-0.2, -0.15) is 0 Å². The van der Waals surface area contributed by atoms with Crippen LogP contribution in [0.5, 0.6) is 11.5 Å². The average molecular weight is 464 g/mol. The van der Waals surface area contributed by atoms with Gasteiger partial charge in [-0.15, -0.1) is 0 Å². The number of ketones is 1. The van der Waals surface area contributed by atoms with Crippen molar-refractivity contribution in [1.82, 2.24) is 0 Å². The first-order valence-electron chi connectivity index (χ1n) is 10.2. The fourth-order valence-corrected chi connectivity index (χ4v) is 4.15. The summed E-state index contributed by atoms with van der Waals surface area (Å²) in [7, 11) is 3.01. The van der Waals surface area contributed by atoms with E-state index < -0.39 is 17.7 Å². The molecule has 6 nitrogen and oxygen atoms in total. The van der Waals surface area contributed by atoms with Crippen molar-refractivity contribution in [2.45, 2.75) is 13.0 Å². The topological polar surface area (TPSA) is 76.1 Å². The quantitative estimate of drug-likeness (QED) is 0.316. The Morgan fingerprint density at radius 2 is 1.70 bits per heavy atom. The van der Waals surface area contributed by atoms with E-state index >= 15 is 0 Å². The zero-order valence-corrected chi connectivity index (χ0v) is 19.1. The van der Waals surface area contributed by atoms with Gasteiger partial charge < -0.3 is 14.6 Å². The second-order valence-electron chi connectivity index (χ2n) is 7.63. The molecule has 3 aromatic rings. The lowest BCUT2D eigenvalue weighted by molar-refractivity contribution is -0.132. The normalized spacial score (nSPS) is 17.3. The highest BCUT2D eigenvalue weighted by Gasteiger charge is 2.47. The number of nitrogens with zero attached hydrogens (tertiary/aromatic N) is 1. The maximum absolute atomic E-state index is 13.2. The van der Waals surface area contributed by atoms with Crippen LogP contribution in [0.4, 0.5) is 5.69 Å². The zero-order chi connectivity index (χ0) is 23.7. The molecular weight excluding hydrogens is 442 g/mol. The van der Waals surface area contributed by atoms with Crippen molar-refractivity contribution in [2.75, 3.05) is 19.1 Å². The van der Waals surface area contributed by atoms with E-state index in [1.54, 1.807) is 43.5 Å². The number of carbonyl (C=O) groups is 2. The second kappa shape index (κ2) is 9.00. The van der Waals surface area contributed by atoms with E-state index in [1.807, 2.05) is 31.2 Å². The minimum Gasteiger partial charge on any atom is -0.507 e. The summed E-state index contributed by atoms with van der Waals surface area (Å²) in [5.41, 5.74) is 2.48. The molecule has 1 aliphatic rings. The molecule has 1 heterocycles. The van der Waals surface area contributed by atoms with Crippen LogP contribution in [0.15, 0.2) is 72.3 Å². The van der Waals surface area contributed by atoms with E-state index in [0.717, 1.165) is 5.56 Å². The molecule has 1 saturated heterocycles. The molecule has 0 aromatic heterocycles. The van der Waals surface area contributed by atoms with Crippen molar-refractivity contribution in [3.63, 3.8) is 0 Å². The van der Waals surface area contributed by atoms with Crippen LogP contribution in [0.1, 0.15) is 22.7 Å². The molecule has 0 aliphatic carbocycles. The van der Waals surface area contributed by atoms with Crippen LogP contribution in [0, 0.1) is 6.92 Å². The smallest absolute Gasteiger partial charge is 0.300 e. The molecule has 1 atom stereocenters. The third-order valence-electron chi connectivity index (χ3n) is 5.58. The first kappa shape index (κ1) is 22.4. The number of carbonyl (C=O) groups excluding carboxylic acids is 2. The number of aliphatic hydroxyl groups is 1. The molecule has 7 heteroatoms. The fourth-order valence-electron chi connectivity index (χ4n) is 3.96. The van der Waals surface area contributed by atoms with Gasteiger partial charge in [0.1, 0.15) is 17.3 Å². The highest BCUT2D eigenvalue weighted by molar-refractivity contribution is 6.51. The van der Waals surface area contributed by atoms with Crippen LogP contribution < -0.4 is 14.4 Å². The van der Waals surface area contributed by atoms with E-state index in [9.17, 15) is 14.7 Å². The minimum absolute atomic E-state index is 0.00852. The van der Waals surface area contributed by atoms with Crippen molar-refractivity contribution < 1.29 is 24.2 Å². The molecule has 33 heavy (non-hydrogen) atoms. The summed E-state index contributed by atoms with van der Waals surface area (Å²) in [4.78, 5) is 27.8. The maximum Gasteiger partial charge on any atom is 0.300 e. The van der Waals surface area contributed by atoms with Gasteiger partial charge in [-0.1, -0.05) is 41.4 Å². The Kier molecular flexibility index (Phi) is 6.11. The van der Waals surface area contributed by atoms with Gasteiger partial charge in [-0.3, -0.25) is 14.5 Å². The SMILES string of the molecule is COc1ccc(N2C(=O)C(=O)/C(=C(\O)c3ccc(Cl)c(OC)c3)C2c2cccc(C)c2)cc1. The predicted octanol–water partition coefficient (Wildman–Crippen LogP) is 5.29. The number of rotatable bonds is 5. The number of hydrogen-bond acceptors (Lipinski definition) is 5. The summed E-state index contributed by atoms with van der Waals surface area (Å²) in [5.74, 6) is -0.836. The van der Waals surface area contributed by atoms with Crippen LogP contribution >= 0.6 is 11.6 Å². The Morgan fingerprint density at radius 1 is 0.970 bits per heavy atom. The Morgan fingerprint density at radius 3 is 2.33 bits per heavy atom. The Hall–Kier alpha value is -3.77. The predicted molar refractivity (Wildman–Crippen MR) is 127 cm³/mol. The number of anilines is 1. The van der Waals surface area contributed by atoms with Gasteiger partial charge in [0.15, 0.2) is 0 Å². The highest BCUT2D eigenvalue weighted by Crippen LogP contribution is 2.43. The van der Waals surface area contributed by atoms with Gasteiger partial charge >= 0.3 is 0 Å². The molecule has 1 amide bonds. The molecule has 1 unspecified atom stereocenters. The summed E-state index contributed by atoms with van der Waals surface area (Å²) >= 11 is 6.12. The van der Waals surface area contributed by atoms with Crippen molar-refractivity contribution in [1.29, 1.82) is 0 Å². The van der Waals surface area contributed by atoms with Crippen LogP contribution in [0.25, 0.3) is 5.76 Å². The Labute approximate surface area is 196 Å². The molecule has 168 valence electrons. The van der Waals surface area contributed by atoms with Gasteiger partial charge in [-0.05, 0) is 55.0 Å². The van der Waals surface area contributed by atoms with E-state index in [0.29, 0.717) is 33.3 Å². The number of hydrogen-bond donors (Lipinski definition) is 1. The number of aryl methyl sites for hydroxylation is 1. The standard InChI is InChI=1S/C26H22ClNO5/c1-15-5-4-6-16(13-15)23-22(24(29)17-7-12-20(27)21(14-17)33-3)25(30)26(31)28(23)18-8-10-19(32-2)11-9-18/h4-14,23,29H,1-3H3/b24-22-. The number of Topliss-reactive ketones (excluding diaryl/α,β-unsaturated/α-hetero) is 1. The molecule has 1 N–H and O–H groups in total. The molecule has 0 bridgehead atoms. The molecule has 0 spiro atoms. The average Bonchev–Trinajstić information content (AvgIpc) is 3.09. The lowest BCUT2D eigenvalue weighted by Crippen LogP contribution is -2.29. The fraction of sp³-hybridized carbons (Fsp3) is 0.154. The zero-order valence-electron chi connectivity index (χ0n) is 18.3. The summed E-state index contributed by atoms with van der Waals surface area (Å²) < 4.78 is 10.5. The lowest BCUT2D eigenvalue weighted by atomic mass is 9.94. The van der Waals surface area contributed by atoms with E-state index in [4.69, 9.17) is 21.1 Å². The van der Waals surface area contributed by atoms with E-state index in [1.165, 1.54) is 18.1 Å². The molecular formula is C26H22ClNO5. The minimum atomic E-state index is -0.819. The van der Waals surface area contributed by atoms with Gasteiger partial charge in [0, 0.05) is 11.3 Å². The van der Waals surface area contributed by atoms with Crippen molar-refractivity contribution in [2.24, 2.45) is 0 Å². The van der Waals surface area contributed by atoms with Crippen molar-refractivity contribution in [3.8, 4) is 11.5 Å². The number of aliphatic hydroxyl groups excluding tert-OH is 1. The molecule has 1 fully saturated rings. The molecule has 0 saturated carbocycles. The number of benzene rings is 3. The summed E-state index contributed by atoms with van der Waals surface area (Å²) in [6.45, 7) is 1.92. The molecule has 3 aromatic carbocycles. The first-order valence-corrected chi connectivity index (χ1v) is 10.6. The van der Waals surface area contributed by atoms with Crippen LogP contribution in [-0.2, 0) is 9.59 Å². The van der Waals surface area contributed by atoms with Gasteiger partial charge in [0.05, 0.1) is 30.9 Å². The summed E-state index contributed by atoms with van der Waals surface area (Å²) in [5, 5.41) is 11.6. The van der Waals surface area contributed by atoms with E-state index in [-0.39, 0.29) is 11.3 Å². The van der Waals surface area contributed by atoms with Crippen molar-refractivity contribution >= 4 is 34.7 Å². The second-order valence-corrected chi connectivity index (χ2v) is 8.04. The molecule has 0 radical (unpaired) electrons. The van der Waals surface area contributed by atoms with Gasteiger partial charge in [0.2, 0.25) is 0 Å². The molecule has 1 aliphatic heterocycles. The Balaban J connectivity index is 1.93. The largest absolute Gasteiger partial charge is 0.507 e. The summed E-state index contributed by atoms with van der Waals surface area (Å²) in [6.07, 6.45) is 0.